The lowest BCUT2D eigenvalue weighted by Crippen LogP contribution is -2.71. The molecule has 3 aliphatic rings. The first kappa shape index (κ1) is 37.4. The van der Waals surface area contributed by atoms with E-state index in [4.69, 9.17) is 9.47 Å². The molecule has 3 N–H and O–H groups in total. The standard InChI is InChI=1S/C37H37N5O9S2/c1-3-40-17-18-41(34(47)33(40)46)37(49)39-28(24-7-5-4-6-8-24)31(44)38-29-32(45)42-30(36(48)51-20-23-9-13-25(50-2)14-10-23)27(21-52-35(29)42)53-26-15-11-22(19-43)12-16-26/h4-16,28-29,35,43H,3,17-21H2,1-2H3,(H,38,44)(H,39,49)/t28?,29?,35-/m0/s1. The zero-order valence-corrected chi connectivity index (χ0v) is 30.5. The Morgan fingerprint density at radius 1 is 0.943 bits per heavy atom. The van der Waals surface area contributed by atoms with Crippen LogP contribution in [0.4, 0.5) is 4.79 Å². The smallest absolute Gasteiger partial charge is 0.356 e. The third-order valence-electron chi connectivity index (χ3n) is 8.90. The van der Waals surface area contributed by atoms with E-state index in [1.54, 1.807) is 80.8 Å². The number of urea groups is 1. The van der Waals surface area contributed by atoms with Crippen molar-refractivity contribution in [2.24, 2.45) is 0 Å². The van der Waals surface area contributed by atoms with Gasteiger partial charge in [0.25, 0.3) is 5.91 Å². The predicted octanol–water partition coefficient (Wildman–Crippen LogP) is 2.78. The molecule has 3 aromatic rings. The molecule has 14 nitrogen and oxygen atoms in total. The second-order valence-corrected chi connectivity index (χ2v) is 14.4. The Labute approximate surface area is 313 Å². The second kappa shape index (κ2) is 16.6. The molecule has 0 saturated carbocycles. The third kappa shape index (κ3) is 8.04. The summed E-state index contributed by atoms with van der Waals surface area (Å²) in [6, 6.07) is 19.2. The van der Waals surface area contributed by atoms with E-state index in [0.717, 1.165) is 15.4 Å². The van der Waals surface area contributed by atoms with Crippen LogP contribution in [0.5, 0.6) is 5.75 Å². The minimum atomic E-state index is -1.32. The van der Waals surface area contributed by atoms with Crippen molar-refractivity contribution in [2.75, 3.05) is 32.5 Å². The Kier molecular flexibility index (Phi) is 11.7. The molecule has 53 heavy (non-hydrogen) atoms. The number of fused-ring (bicyclic) bond motifs is 1. The van der Waals surface area contributed by atoms with Crippen molar-refractivity contribution in [1.29, 1.82) is 0 Å². The number of hydrogen-bond acceptors (Lipinski definition) is 11. The number of β-lactam (4-membered cyclic amide) rings is 1. The largest absolute Gasteiger partial charge is 0.497 e. The van der Waals surface area contributed by atoms with E-state index >= 15 is 0 Å². The topological polar surface area (TPSA) is 175 Å². The molecule has 2 saturated heterocycles. The van der Waals surface area contributed by atoms with E-state index in [1.807, 2.05) is 12.1 Å². The van der Waals surface area contributed by atoms with E-state index < -0.39 is 53.1 Å². The van der Waals surface area contributed by atoms with Crippen LogP contribution in [0.2, 0.25) is 0 Å². The summed E-state index contributed by atoms with van der Waals surface area (Å²) in [4.78, 5) is 84.8. The minimum Gasteiger partial charge on any atom is -0.497 e. The summed E-state index contributed by atoms with van der Waals surface area (Å²) < 4.78 is 10.9. The van der Waals surface area contributed by atoms with Crippen molar-refractivity contribution < 1.29 is 43.3 Å². The van der Waals surface area contributed by atoms with Gasteiger partial charge in [0.2, 0.25) is 5.91 Å². The number of esters is 1. The molecule has 6 amide bonds. The molecule has 0 aliphatic carbocycles. The van der Waals surface area contributed by atoms with Gasteiger partial charge in [-0.1, -0.05) is 66.4 Å². The van der Waals surface area contributed by atoms with Crippen LogP contribution in [0.15, 0.2) is 94.4 Å². The highest BCUT2D eigenvalue weighted by Crippen LogP contribution is 2.45. The Balaban J connectivity index is 1.21. The van der Waals surface area contributed by atoms with Crippen molar-refractivity contribution >= 4 is 59.2 Å². The fourth-order valence-corrected chi connectivity index (χ4v) is 8.43. The molecule has 0 spiro atoms. The van der Waals surface area contributed by atoms with Gasteiger partial charge in [-0.2, -0.15) is 0 Å². The number of carbonyl (C=O) groups is 6. The first-order valence-electron chi connectivity index (χ1n) is 16.8. The number of imide groups is 1. The van der Waals surface area contributed by atoms with Gasteiger partial charge >= 0.3 is 23.8 Å². The maximum absolute atomic E-state index is 13.9. The first-order valence-corrected chi connectivity index (χ1v) is 18.6. The summed E-state index contributed by atoms with van der Waals surface area (Å²) in [5, 5.41) is 14.1. The van der Waals surface area contributed by atoms with Crippen molar-refractivity contribution in [1.82, 2.24) is 25.3 Å². The number of thioether (sulfide) groups is 2. The number of nitrogens with zero attached hydrogens (tertiary/aromatic N) is 3. The van der Waals surface area contributed by atoms with Crippen LogP contribution in [-0.2, 0) is 41.9 Å². The number of likely N-dealkylation sites (N-methyl/N-ethyl adjacent to an activating group) is 1. The summed E-state index contributed by atoms with van der Waals surface area (Å²) in [5.74, 6) is -2.82. The predicted molar refractivity (Wildman–Crippen MR) is 195 cm³/mol. The molecule has 3 atom stereocenters. The molecular weight excluding hydrogens is 723 g/mol. The number of amides is 6. The third-order valence-corrected chi connectivity index (χ3v) is 11.5. The van der Waals surface area contributed by atoms with E-state index in [-0.39, 0.29) is 32.0 Å². The summed E-state index contributed by atoms with van der Waals surface area (Å²) in [5.41, 5.74) is 1.89. The molecule has 276 valence electrons. The van der Waals surface area contributed by atoms with Gasteiger partial charge in [-0.15, -0.1) is 11.8 Å². The van der Waals surface area contributed by atoms with Crippen molar-refractivity contribution in [3.8, 4) is 5.75 Å². The summed E-state index contributed by atoms with van der Waals surface area (Å²) in [6.07, 6.45) is 0. The molecular formula is C37H37N5O9S2. The fourth-order valence-electron chi connectivity index (χ4n) is 5.96. The van der Waals surface area contributed by atoms with Crippen LogP contribution in [0, 0.1) is 0 Å². The normalized spacial score (nSPS) is 18.9. The molecule has 16 heteroatoms. The molecule has 3 aromatic carbocycles. The van der Waals surface area contributed by atoms with Gasteiger partial charge in [0.1, 0.15) is 35.5 Å². The summed E-state index contributed by atoms with van der Waals surface area (Å²) >= 11 is 2.66. The lowest BCUT2D eigenvalue weighted by atomic mass is 10.0. The quantitative estimate of drug-likeness (QED) is 0.141. The monoisotopic (exact) mass is 759 g/mol. The number of methoxy groups -OCH3 is 1. The van der Waals surface area contributed by atoms with Crippen molar-refractivity contribution in [3.05, 3.63) is 106 Å². The van der Waals surface area contributed by atoms with Crippen molar-refractivity contribution in [3.63, 3.8) is 0 Å². The number of piperazine rings is 1. The van der Waals surface area contributed by atoms with Gasteiger partial charge in [0, 0.05) is 35.2 Å². The Hall–Kier alpha value is -5.32. The molecule has 0 radical (unpaired) electrons. The fraction of sp³-hybridized carbons (Fsp3) is 0.297. The molecule has 2 unspecified atom stereocenters. The van der Waals surface area contributed by atoms with E-state index in [0.29, 0.717) is 34.1 Å². The van der Waals surface area contributed by atoms with Crippen LogP contribution in [0.25, 0.3) is 0 Å². The average molecular weight is 760 g/mol. The molecule has 2 fully saturated rings. The minimum absolute atomic E-state index is 0.0439. The number of benzene rings is 3. The van der Waals surface area contributed by atoms with E-state index in [1.165, 1.54) is 33.3 Å². The Bertz CT molecular complexity index is 1920. The number of aliphatic hydroxyl groups is 1. The number of ether oxygens (including phenoxy) is 2. The number of nitrogens with one attached hydrogen (secondary N) is 2. The van der Waals surface area contributed by atoms with Crippen LogP contribution in [0.3, 0.4) is 0 Å². The lowest BCUT2D eigenvalue weighted by Gasteiger charge is -2.49. The zero-order chi connectivity index (χ0) is 37.6. The van der Waals surface area contributed by atoms with Gasteiger partial charge in [0.15, 0.2) is 0 Å². The van der Waals surface area contributed by atoms with Gasteiger partial charge in [-0.05, 0) is 47.9 Å². The van der Waals surface area contributed by atoms with Gasteiger partial charge in [-0.3, -0.25) is 29.0 Å². The molecule has 0 aromatic heterocycles. The van der Waals surface area contributed by atoms with Gasteiger partial charge in [0.05, 0.1) is 13.7 Å². The maximum atomic E-state index is 13.9. The van der Waals surface area contributed by atoms with Crippen LogP contribution < -0.4 is 15.4 Å². The van der Waals surface area contributed by atoms with Crippen molar-refractivity contribution in [2.45, 2.75) is 42.5 Å². The van der Waals surface area contributed by atoms with E-state index in [9.17, 15) is 33.9 Å². The molecule has 3 heterocycles. The number of rotatable bonds is 12. The zero-order valence-electron chi connectivity index (χ0n) is 28.9. The molecule has 0 bridgehead atoms. The van der Waals surface area contributed by atoms with Gasteiger partial charge in [-0.25, -0.2) is 9.59 Å². The average Bonchev–Trinajstić information content (AvgIpc) is 3.19. The van der Waals surface area contributed by atoms with Crippen LogP contribution >= 0.6 is 23.5 Å². The first-order chi connectivity index (χ1) is 25.6. The summed E-state index contributed by atoms with van der Waals surface area (Å²) in [6.45, 7) is 1.98. The molecule has 3 aliphatic heterocycles. The highest BCUT2D eigenvalue weighted by atomic mass is 32.2. The van der Waals surface area contributed by atoms with Crippen LogP contribution in [0.1, 0.15) is 29.7 Å². The maximum Gasteiger partial charge on any atom is 0.356 e. The Morgan fingerprint density at radius 3 is 2.30 bits per heavy atom. The lowest BCUT2D eigenvalue weighted by molar-refractivity contribution is -0.153. The number of carbonyl (C=O) groups excluding carboxylic acids is 6. The summed E-state index contributed by atoms with van der Waals surface area (Å²) in [7, 11) is 1.55. The highest BCUT2D eigenvalue weighted by Gasteiger charge is 2.55. The number of aliphatic hydroxyl groups excluding tert-OH is 1. The SMILES string of the molecule is CCN1CCN(C(=O)NC(C(=O)NC2C(=O)N3C(C(=O)OCc4ccc(OC)cc4)=C(Sc4ccc(CO)cc4)CS[C@@H]23)c2ccccc2)C(=O)C1=O. The van der Waals surface area contributed by atoms with E-state index in [2.05, 4.69) is 10.6 Å². The molecule has 6 rings (SSSR count). The second-order valence-electron chi connectivity index (χ2n) is 12.1. The highest BCUT2D eigenvalue weighted by molar-refractivity contribution is 8.06. The Morgan fingerprint density at radius 2 is 1.64 bits per heavy atom. The van der Waals surface area contributed by atoms with Crippen LogP contribution in [-0.4, -0.2) is 99.3 Å². The van der Waals surface area contributed by atoms with Gasteiger partial charge < -0.3 is 30.1 Å². The number of hydrogen-bond donors (Lipinski definition) is 3.